The molecule has 0 aliphatic carbocycles. The molecule has 1 aromatic carbocycles. The Hall–Kier alpha value is -1.40. The maximum Gasteiger partial charge on any atom is 0.243 e. The Morgan fingerprint density at radius 2 is 1.54 bits per heavy atom. The number of nitrogens with zero attached hydrogens (tertiary/aromatic N) is 1. The Morgan fingerprint density at radius 3 is 1.96 bits per heavy atom. The minimum absolute atomic E-state index is 0.00376. The molecule has 0 radical (unpaired) electrons. The van der Waals surface area contributed by atoms with Gasteiger partial charge in [0.05, 0.1) is 4.90 Å². The molecule has 0 aromatic heterocycles. The topological polar surface area (TPSA) is 66.5 Å². The van der Waals surface area contributed by atoms with Crippen LogP contribution in [0.3, 0.4) is 0 Å². The summed E-state index contributed by atoms with van der Waals surface area (Å²) in [7, 11) is -3.55. The van der Waals surface area contributed by atoms with Crippen LogP contribution in [-0.4, -0.2) is 31.7 Å². The summed E-state index contributed by atoms with van der Waals surface area (Å²) in [5, 5.41) is 2.93. The molecule has 0 spiro atoms. The molecule has 0 aliphatic rings. The normalized spacial score (nSPS) is 13.3. The Labute approximate surface area is 172 Å². The third-order valence-electron chi connectivity index (χ3n) is 4.67. The largest absolute Gasteiger partial charge is 0.326 e. The highest BCUT2D eigenvalue weighted by atomic mass is 32.2. The second-order valence-electron chi connectivity index (χ2n) is 8.37. The number of carbonyl (C=O) groups excluding carboxylic acids is 1. The summed E-state index contributed by atoms with van der Waals surface area (Å²) in [6.07, 6.45) is 3.78. The molecule has 1 rings (SSSR count). The van der Waals surface area contributed by atoms with Crippen LogP contribution in [0.15, 0.2) is 29.2 Å². The summed E-state index contributed by atoms with van der Waals surface area (Å²) in [6, 6.07) is 6.54. The molecule has 0 heterocycles. The minimum Gasteiger partial charge on any atom is -0.326 e. The van der Waals surface area contributed by atoms with E-state index in [1.54, 1.807) is 28.6 Å². The first-order valence-corrected chi connectivity index (χ1v) is 12.0. The maximum absolute atomic E-state index is 13.0. The zero-order valence-electron chi connectivity index (χ0n) is 18.4. The molecule has 1 aromatic rings. The fourth-order valence-electron chi connectivity index (χ4n) is 3.16. The van der Waals surface area contributed by atoms with E-state index in [4.69, 9.17) is 0 Å². The van der Waals surface area contributed by atoms with Crippen molar-refractivity contribution in [3.05, 3.63) is 24.3 Å². The van der Waals surface area contributed by atoms with Gasteiger partial charge in [0.2, 0.25) is 15.9 Å². The Balaban J connectivity index is 2.93. The molecule has 1 unspecified atom stereocenters. The lowest BCUT2D eigenvalue weighted by Gasteiger charge is -2.25. The van der Waals surface area contributed by atoms with Crippen molar-refractivity contribution in [2.45, 2.75) is 72.1 Å². The van der Waals surface area contributed by atoms with Gasteiger partial charge in [0.25, 0.3) is 0 Å². The number of unbranched alkanes of at least 4 members (excludes halogenated alkanes) is 1. The van der Waals surface area contributed by atoms with Crippen LogP contribution < -0.4 is 5.32 Å². The van der Waals surface area contributed by atoms with Crippen LogP contribution in [0, 0.1) is 17.8 Å². The molecular formula is C22H38N2O3S. The van der Waals surface area contributed by atoms with Gasteiger partial charge >= 0.3 is 0 Å². The van der Waals surface area contributed by atoms with Gasteiger partial charge in [-0.1, -0.05) is 54.4 Å². The average molecular weight is 411 g/mol. The van der Waals surface area contributed by atoms with Gasteiger partial charge in [-0.25, -0.2) is 8.42 Å². The van der Waals surface area contributed by atoms with Crippen LogP contribution in [0.25, 0.3) is 0 Å². The van der Waals surface area contributed by atoms with Crippen LogP contribution in [0.5, 0.6) is 0 Å². The van der Waals surface area contributed by atoms with E-state index in [1.807, 2.05) is 34.6 Å². The summed E-state index contributed by atoms with van der Waals surface area (Å²) in [6.45, 7) is 13.2. The highest BCUT2D eigenvalue weighted by molar-refractivity contribution is 7.89. The first-order chi connectivity index (χ1) is 13.1. The molecule has 28 heavy (non-hydrogen) atoms. The van der Waals surface area contributed by atoms with Crippen molar-refractivity contribution in [3.63, 3.8) is 0 Å². The van der Waals surface area contributed by atoms with Crippen molar-refractivity contribution in [3.8, 4) is 0 Å². The summed E-state index contributed by atoms with van der Waals surface area (Å²) in [5.74, 6) is 0.506. The molecule has 5 nitrogen and oxygen atoms in total. The van der Waals surface area contributed by atoms with E-state index in [1.165, 1.54) is 0 Å². The molecule has 1 atom stereocenters. The molecule has 1 amide bonds. The second kappa shape index (κ2) is 11.6. The van der Waals surface area contributed by atoms with Crippen LogP contribution in [0.1, 0.15) is 67.2 Å². The van der Waals surface area contributed by atoms with Gasteiger partial charge < -0.3 is 5.32 Å². The second-order valence-corrected chi connectivity index (χ2v) is 10.3. The molecule has 0 aliphatic heterocycles. The number of carbonyl (C=O) groups is 1. The van der Waals surface area contributed by atoms with E-state index in [-0.39, 0.29) is 28.6 Å². The highest BCUT2D eigenvalue weighted by Crippen LogP contribution is 2.22. The average Bonchev–Trinajstić information content (AvgIpc) is 2.61. The Bertz CT molecular complexity index is 687. The highest BCUT2D eigenvalue weighted by Gasteiger charge is 2.26. The van der Waals surface area contributed by atoms with E-state index < -0.39 is 10.0 Å². The number of amides is 1. The SMILES string of the molecule is CCCCC(CC)C(=O)Nc1ccc(S(=O)(=O)N(CC(C)C)CC(C)C)cc1. The molecular weight excluding hydrogens is 372 g/mol. The van der Waals surface area contributed by atoms with Gasteiger partial charge in [0, 0.05) is 24.7 Å². The lowest BCUT2D eigenvalue weighted by atomic mass is 9.98. The van der Waals surface area contributed by atoms with Gasteiger partial charge in [-0.15, -0.1) is 0 Å². The lowest BCUT2D eigenvalue weighted by Crippen LogP contribution is -2.37. The molecule has 0 saturated carbocycles. The van der Waals surface area contributed by atoms with Gasteiger partial charge in [0.15, 0.2) is 0 Å². The van der Waals surface area contributed by atoms with Crippen molar-refractivity contribution in [2.24, 2.45) is 17.8 Å². The van der Waals surface area contributed by atoms with Crippen molar-refractivity contribution in [2.75, 3.05) is 18.4 Å². The monoisotopic (exact) mass is 410 g/mol. The zero-order chi connectivity index (χ0) is 21.3. The van der Waals surface area contributed by atoms with E-state index in [0.29, 0.717) is 18.8 Å². The summed E-state index contributed by atoms with van der Waals surface area (Å²) in [5.41, 5.74) is 0.637. The first-order valence-electron chi connectivity index (χ1n) is 10.5. The quantitative estimate of drug-likeness (QED) is 0.518. The number of hydrogen-bond acceptors (Lipinski definition) is 3. The van der Waals surface area contributed by atoms with E-state index >= 15 is 0 Å². The van der Waals surface area contributed by atoms with Crippen molar-refractivity contribution in [1.29, 1.82) is 0 Å². The number of nitrogens with one attached hydrogen (secondary N) is 1. The number of benzene rings is 1. The molecule has 160 valence electrons. The van der Waals surface area contributed by atoms with E-state index in [9.17, 15) is 13.2 Å². The smallest absolute Gasteiger partial charge is 0.243 e. The molecule has 6 heteroatoms. The van der Waals surface area contributed by atoms with Crippen LogP contribution >= 0.6 is 0 Å². The number of rotatable bonds is 12. The summed E-state index contributed by atoms with van der Waals surface area (Å²) in [4.78, 5) is 12.7. The van der Waals surface area contributed by atoms with Gasteiger partial charge in [-0.2, -0.15) is 4.31 Å². The van der Waals surface area contributed by atoms with Crippen LogP contribution in [0.4, 0.5) is 5.69 Å². The lowest BCUT2D eigenvalue weighted by molar-refractivity contribution is -0.120. The first kappa shape index (κ1) is 24.6. The fraction of sp³-hybridized carbons (Fsp3) is 0.682. The fourth-order valence-corrected chi connectivity index (χ4v) is 4.93. The molecule has 0 fully saturated rings. The van der Waals surface area contributed by atoms with Crippen molar-refractivity contribution >= 4 is 21.6 Å². The number of sulfonamides is 1. The standard InChI is InChI=1S/C22H38N2O3S/c1-7-9-10-19(8-2)22(25)23-20-11-13-21(14-12-20)28(26,27)24(15-17(3)4)16-18(5)6/h11-14,17-19H,7-10,15-16H2,1-6H3,(H,23,25). The predicted octanol–water partition coefficient (Wildman–Crippen LogP) is 5.14. The van der Waals surface area contributed by atoms with E-state index in [2.05, 4.69) is 12.2 Å². The van der Waals surface area contributed by atoms with Crippen LogP contribution in [-0.2, 0) is 14.8 Å². The Morgan fingerprint density at radius 1 is 1.00 bits per heavy atom. The summed E-state index contributed by atoms with van der Waals surface area (Å²) < 4.78 is 27.7. The van der Waals surface area contributed by atoms with Crippen LogP contribution in [0.2, 0.25) is 0 Å². The molecule has 0 saturated heterocycles. The van der Waals surface area contributed by atoms with Crippen molar-refractivity contribution in [1.82, 2.24) is 4.31 Å². The maximum atomic E-state index is 13.0. The minimum atomic E-state index is -3.55. The zero-order valence-corrected chi connectivity index (χ0v) is 19.2. The molecule has 1 N–H and O–H groups in total. The van der Waals surface area contributed by atoms with Gasteiger partial charge in [0.1, 0.15) is 0 Å². The van der Waals surface area contributed by atoms with Gasteiger partial charge in [-0.05, 0) is 48.9 Å². The third-order valence-corrected chi connectivity index (χ3v) is 6.51. The molecule has 0 bridgehead atoms. The van der Waals surface area contributed by atoms with E-state index in [0.717, 1.165) is 25.7 Å². The number of hydrogen-bond donors (Lipinski definition) is 1. The summed E-state index contributed by atoms with van der Waals surface area (Å²) >= 11 is 0. The third kappa shape index (κ3) is 7.55. The van der Waals surface area contributed by atoms with Gasteiger partial charge in [-0.3, -0.25) is 4.79 Å². The Kier molecular flexibility index (Phi) is 10.2. The van der Waals surface area contributed by atoms with Crippen molar-refractivity contribution < 1.29 is 13.2 Å². The number of anilines is 1. The predicted molar refractivity (Wildman–Crippen MR) is 117 cm³/mol.